The van der Waals surface area contributed by atoms with Crippen molar-refractivity contribution >= 4 is 0 Å². The van der Waals surface area contributed by atoms with E-state index >= 15 is 0 Å². The third-order valence-electron chi connectivity index (χ3n) is 3.18. The predicted octanol–water partition coefficient (Wildman–Crippen LogP) is 2.27. The van der Waals surface area contributed by atoms with Crippen molar-refractivity contribution in [2.24, 2.45) is 0 Å². The molecule has 2 rings (SSSR count). The zero-order valence-electron chi connectivity index (χ0n) is 12.6. The number of benzene rings is 1. The van der Waals surface area contributed by atoms with Crippen molar-refractivity contribution in [3.63, 3.8) is 0 Å². The van der Waals surface area contributed by atoms with Gasteiger partial charge in [0.1, 0.15) is 0 Å². The lowest BCUT2D eigenvalue weighted by atomic mass is 10.1. The van der Waals surface area contributed by atoms with Crippen molar-refractivity contribution in [1.82, 2.24) is 10.5 Å². The van der Waals surface area contributed by atoms with E-state index in [-0.39, 0.29) is 0 Å². The Kier molecular flexibility index (Phi) is 6.40. The molecule has 0 aliphatic rings. The summed E-state index contributed by atoms with van der Waals surface area (Å²) in [7, 11) is 3.40. The summed E-state index contributed by atoms with van der Waals surface area (Å²) in [6.45, 7) is 2.90. The quantitative estimate of drug-likeness (QED) is 0.718. The van der Waals surface area contributed by atoms with Gasteiger partial charge in [0.15, 0.2) is 5.76 Å². The second-order valence-corrected chi connectivity index (χ2v) is 4.79. The third kappa shape index (κ3) is 4.97. The topological polar surface area (TPSA) is 56.5 Å². The van der Waals surface area contributed by atoms with Gasteiger partial charge >= 0.3 is 0 Å². The number of nitrogens with one attached hydrogen (secondary N) is 1. The maximum Gasteiger partial charge on any atom is 0.167 e. The van der Waals surface area contributed by atoms with Crippen LogP contribution in [0.3, 0.4) is 0 Å². The van der Waals surface area contributed by atoms with E-state index in [1.165, 1.54) is 5.56 Å². The fraction of sp³-hybridized carbons (Fsp3) is 0.438. The predicted molar refractivity (Wildman–Crippen MR) is 81.1 cm³/mol. The smallest absolute Gasteiger partial charge is 0.167 e. The molecule has 2 aromatic rings. The van der Waals surface area contributed by atoms with Gasteiger partial charge in [0.25, 0.3) is 0 Å². The summed E-state index contributed by atoms with van der Waals surface area (Å²) in [5.41, 5.74) is 3.18. The van der Waals surface area contributed by atoms with E-state index in [4.69, 9.17) is 14.0 Å². The molecule has 0 saturated carbocycles. The van der Waals surface area contributed by atoms with Crippen LogP contribution < -0.4 is 5.32 Å². The summed E-state index contributed by atoms with van der Waals surface area (Å²) in [5, 5.41) is 7.30. The normalized spacial score (nSPS) is 11.0. The van der Waals surface area contributed by atoms with Crippen LogP contribution in [0, 0.1) is 0 Å². The number of methoxy groups -OCH3 is 2. The molecule has 1 aromatic heterocycles. The van der Waals surface area contributed by atoms with E-state index < -0.39 is 0 Å². The largest absolute Gasteiger partial charge is 0.384 e. The molecule has 1 heterocycles. The molecule has 114 valence electrons. The first-order valence-corrected chi connectivity index (χ1v) is 7.07. The van der Waals surface area contributed by atoms with E-state index in [2.05, 4.69) is 22.6 Å². The lowest BCUT2D eigenvalue weighted by Crippen LogP contribution is -2.18. The Hall–Kier alpha value is -1.69. The molecular weight excluding hydrogens is 268 g/mol. The summed E-state index contributed by atoms with van der Waals surface area (Å²) < 4.78 is 15.4. The highest BCUT2D eigenvalue weighted by atomic mass is 16.5. The summed E-state index contributed by atoms with van der Waals surface area (Å²) in [6, 6.07) is 10.2. The molecule has 0 amide bonds. The maximum atomic E-state index is 5.38. The summed E-state index contributed by atoms with van der Waals surface area (Å²) >= 11 is 0. The maximum absolute atomic E-state index is 5.38. The molecular formula is C16H22N2O3. The number of hydrogen-bond donors (Lipinski definition) is 1. The number of hydrogen-bond acceptors (Lipinski definition) is 5. The van der Waals surface area contributed by atoms with Gasteiger partial charge in [-0.2, -0.15) is 0 Å². The van der Waals surface area contributed by atoms with Crippen LogP contribution in [-0.2, 0) is 22.4 Å². The zero-order chi connectivity index (χ0) is 14.9. The lowest BCUT2D eigenvalue weighted by molar-refractivity contribution is 0.199. The van der Waals surface area contributed by atoms with E-state index in [0.717, 1.165) is 36.6 Å². The third-order valence-corrected chi connectivity index (χ3v) is 3.18. The van der Waals surface area contributed by atoms with E-state index in [1.54, 1.807) is 14.2 Å². The molecule has 1 N–H and O–H groups in total. The SMILES string of the molecule is COCCNCc1cc(-c2ccc(CCOC)cc2)on1. The molecule has 5 heteroatoms. The molecule has 0 saturated heterocycles. The van der Waals surface area contributed by atoms with E-state index in [9.17, 15) is 0 Å². The van der Waals surface area contributed by atoms with Gasteiger partial charge in [-0.15, -0.1) is 0 Å². The van der Waals surface area contributed by atoms with E-state index in [1.807, 2.05) is 18.2 Å². The summed E-state index contributed by atoms with van der Waals surface area (Å²) in [5.74, 6) is 0.789. The first-order valence-electron chi connectivity index (χ1n) is 7.07. The molecule has 5 nitrogen and oxygen atoms in total. The van der Waals surface area contributed by atoms with Crippen LogP contribution in [0.2, 0.25) is 0 Å². The second kappa shape index (κ2) is 8.56. The number of rotatable bonds is 9. The summed E-state index contributed by atoms with van der Waals surface area (Å²) in [6.07, 6.45) is 0.919. The number of nitrogens with zero attached hydrogens (tertiary/aromatic N) is 1. The van der Waals surface area contributed by atoms with Gasteiger partial charge in [-0.25, -0.2) is 0 Å². The standard InChI is InChI=1S/C16H22N2O3/c1-19-9-7-13-3-5-14(6-4-13)16-11-15(18-21-16)12-17-8-10-20-2/h3-6,11,17H,7-10,12H2,1-2H3. The summed E-state index contributed by atoms with van der Waals surface area (Å²) in [4.78, 5) is 0. The minimum Gasteiger partial charge on any atom is -0.384 e. The molecule has 0 atom stereocenters. The molecule has 0 unspecified atom stereocenters. The Balaban J connectivity index is 1.91. The fourth-order valence-corrected chi connectivity index (χ4v) is 1.98. The van der Waals surface area contributed by atoms with Crippen LogP contribution in [0.4, 0.5) is 0 Å². The van der Waals surface area contributed by atoms with Crippen molar-refractivity contribution in [3.05, 3.63) is 41.6 Å². The minimum absolute atomic E-state index is 0.679. The average Bonchev–Trinajstić information content (AvgIpc) is 2.99. The van der Waals surface area contributed by atoms with E-state index in [0.29, 0.717) is 13.2 Å². The average molecular weight is 290 g/mol. The molecule has 0 aliphatic heterocycles. The first kappa shape index (κ1) is 15.7. The van der Waals surface area contributed by atoms with Gasteiger partial charge in [0.05, 0.1) is 18.9 Å². The molecule has 0 aliphatic carbocycles. The highest BCUT2D eigenvalue weighted by molar-refractivity contribution is 5.57. The van der Waals surface area contributed by atoms with Crippen LogP contribution in [-0.4, -0.2) is 39.1 Å². The highest BCUT2D eigenvalue weighted by Crippen LogP contribution is 2.21. The van der Waals surface area contributed by atoms with Crippen molar-refractivity contribution in [2.75, 3.05) is 34.0 Å². The zero-order valence-corrected chi connectivity index (χ0v) is 12.6. The minimum atomic E-state index is 0.679. The van der Waals surface area contributed by atoms with Crippen molar-refractivity contribution in [1.29, 1.82) is 0 Å². The fourth-order valence-electron chi connectivity index (χ4n) is 1.98. The van der Waals surface area contributed by atoms with Gasteiger partial charge in [-0.1, -0.05) is 29.4 Å². The Morgan fingerprint density at radius 3 is 2.57 bits per heavy atom. The highest BCUT2D eigenvalue weighted by Gasteiger charge is 2.06. The second-order valence-electron chi connectivity index (χ2n) is 4.79. The molecule has 21 heavy (non-hydrogen) atoms. The monoisotopic (exact) mass is 290 g/mol. The van der Waals surface area contributed by atoms with Crippen LogP contribution in [0.25, 0.3) is 11.3 Å². The molecule has 0 bridgehead atoms. The number of aromatic nitrogens is 1. The Labute approximate surface area is 125 Å². The van der Waals surface area contributed by atoms with Gasteiger partial charge < -0.3 is 19.3 Å². The van der Waals surface area contributed by atoms with Crippen LogP contribution in [0.5, 0.6) is 0 Å². The van der Waals surface area contributed by atoms with Crippen molar-refractivity contribution < 1.29 is 14.0 Å². The molecule has 0 spiro atoms. The van der Waals surface area contributed by atoms with Gasteiger partial charge in [0, 0.05) is 38.9 Å². The lowest BCUT2D eigenvalue weighted by Gasteiger charge is -2.01. The van der Waals surface area contributed by atoms with Gasteiger partial charge in [-0.3, -0.25) is 0 Å². The van der Waals surface area contributed by atoms with Crippen LogP contribution >= 0.6 is 0 Å². The van der Waals surface area contributed by atoms with Crippen LogP contribution in [0.1, 0.15) is 11.3 Å². The van der Waals surface area contributed by atoms with Crippen molar-refractivity contribution in [3.8, 4) is 11.3 Å². The molecule has 0 radical (unpaired) electrons. The number of ether oxygens (including phenoxy) is 2. The van der Waals surface area contributed by atoms with Gasteiger partial charge in [0.2, 0.25) is 0 Å². The Bertz CT molecular complexity index is 523. The molecule has 0 fully saturated rings. The van der Waals surface area contributed by atoms with Gasteiger partial charge in [-0.05, 0) is 12.0 Å². The van der Waals surface area contributed by atoms with Crippen molar-refractivity contribution in [2.45, 2.75) is 13.0 Å². The Morgan fingerprint density at radius 2 is 1.86 bits per heavy atom. The molecule has 1 aromatic carbocycles. The first-order chi connectivity index (χ1) is 10.3. The Morgan fingerprint density at radius 1 is 1.10 bits per heavy atom. The van der Waals surface area contributed by atoms with Crippen LogP contribution in [0.15, 0.2) is 34.9 Å².